The Morgan fingerprint density at radius 1 is 1.33 bits per heavy atom. The third-order valence-corrected chi connectivity index (χ3v) is 3.23. The molecule has 0 spiro atoms. The van der Waals surface area contributed by atoms with Crippen LogP contribution in [0.25, 0.3) is 0 Å². The number of hydrogen-bond acceptors (Lipinski definition) is 4. The maximum absolute atomic E-state index is 5.32. The van der Waals surface area contributed by atoms with E-state index < -0.39 is 0 Å². The van der Waals surface area contributed by atoms with Gasteiger partial charge in [0.15, 0.2) is 5.82 Å². The summed E-state index contributed by atoms with van der Waals surface area (Å²) in [5.41, 5.74) is 0. The van der Waals surface area contributed by atoms with Crippen molar-refractivity contribution in [1.82, 2.24) is 15.5 Å². The van der Waals surface area contributed by atoms with E-state index in [0.717, 1.165) is 24.8 Å². The molecule has 2 aliphatic rings. The molecule has 15 heavy (non-hydrogen) atoms. The van der Waals surface area contributed by atoms with Crippen molar-refractivity contribution in [2.75, 3.05) is 13.1 Å². The second kappa shape index (κ2) is 4.10. The molecule has 1 N–H and O–H groups in total. The van der Waals surface area contributed by atoms with Crippen molar-refractivity contribution in [3.05, 3.63) is 11.7 Å². The summed E-state index contributed by atoms with van der Waals surface area (Å²) < 4.78 is 5.32. The Morgan fingerprint density at radius 2 is 2.13 bits per heavy atom. The highest BCUT2D eigenvalue weighted by atomic mass is 35.5. The molecule has 5 heteroatoms. The molecular weight excluding hydrogens is 214 g/mol. The molecule has 1 aliphatic heterocycles. The minimum absolute atomic E-state index is 0. The van der Waals surface area contributed by atoms with Crippen LogP contribution >= 0.6 is 12.4 Å². The molecule has 0 bridgehead atoms. The van der Waals surface area contributed by atoms with E-state index in [9.17, 15) is 0 Å². The van der Waals surface area contributed by atoms with Crippen molar-refractivity contribution in [2.24, 2.45) is 5.92 Å². The van der Waals surface area contributed by atoms with E-state index in [1.807, 2.05) is 0 Å². The fourth-order valence-electron chi connectivity index (χ4n) is 2.05. The molecule has 2 fully saturated rings. The zero-order valence-electron chi connectivity index (χ0n) is 8.77. The monoisotopic (exact) mass is 229 g/mol. The lowest BCUT2D eigenvalue weighted by molar-refractivity contribution is 0.336. The molecule has 84 valence electrons. The predicted octanol–water partition coefficient (Wildman–Crippen LogP) is 1.69. The molecule has 0 unspecified atom stereocenters. The Balaban J connectivity index is 0.000000853. The first kappa shape index (κ1) is 10.9. The summed E-state index contributed by atoms with van der Waals surface area (Å²) in [6.45, 7) is 4.27. The lowest BCUT2D eigenvalue weighted by atomic mass is 9.98. The van der Waals surface area contributed by atoms with Crippen molar-refractivity contribution in [3.8, 4) is 0 Å². The van der Waals surface area contributed by atoms with E-state index in [0.29, 0.717) is 17.8 Å². The van der Waals surface area contributed by atoms with E-state index in [1.54, 1.807) is 0 Å². The highest BCUT2D eigenvalue weighted by Gasteiger charge is 2.33. The van der Waals surface area contributed by atoms with Gasteiger partial charge in [-0.1, -0.05) is 12.1 Å². The van der Waals surface area contributed by atoms with E-state index in [-0.39, 0.29) is 12.4 Å². The van der Waals surface area contributed by atoms with Crippen molar-refractivity contribution in [2.45, 2.75) is 31.6 Å². The number of nitrogens with zero attached hydrogens (tertiary/aromatic N) is 2. The van der Waals surface area contributed by atoms with Gasteiger partial charge < -0.3 is 9.84 Å². The standard InChI is InChI=1S/C10H15N3O.ClH/c1-6-4-11-5-8(6)10-12-9(13-14-10)7-2-3-7;/h6-8,11H,2-5H2,1H3;1H/t6-,8-;/m1./s1. The Morgan fingerprint density at radius 3 is 2.73 bits per heavy atom. The average molecular weight is 230 g/mol. The lowest BCUT2D eigenvalue weighted by Crippen LogP contribution is -2.08. The predicted molar refractivity (Wildman–Crippen MR) is 58.3 cm³/mol. The van der Waals surface area contributed by atoms with E-state index >= 15 is 0 Å². The zero-order valence-corrected chi connectivity index (χ0v) is 9.59. The van der Waals surface area contributed by atoms with Gasteiger partial charge in [-0.15, -0.1) is 12.4 Å². The first-order valence-corrected chi connectivity index (χ1v) is 5.39. The van der Waals surface area contributed by atoms with Gasteiger partial charge in [-0.05, 0) is 25.3 Å². The third kappa shape index (κ3) is 2.01. The van der Waals surface area contributed by atoms with Gasteiger partial charge in [0.05, 0.1) is 5.92 Å². The summed E-state index contributed by atoms with van der Waals surface area (Å²) >= 11 is 0. The highest BCUT2D eigenvalue weighted by molar-refractivity contribution is 5.85. The van der Waals surface area contributed by atoms with Crippen molar-refractivity contribution in [3.63, 3.8) is 0 Å². The van der Waals surface area contributed by atoms with Gasteiger partial charge in [0.1, 0.15) is 0 Å². The van der Waals surface area contributed by atoms with Gasteiger partial charge in [-0.2, -0.15) is 4.98 Å². The van der Waals surface area contributed by atoms with Crippen LogP contribution in [-0.2, 0) is 0 Å². The normalized spacial score (nSPS) is 30.2. The van der Waals surface area contributed by atoms with Crippen LogP contribution in [-0.4, -0.2) is 23.2 Å². The molecule has 4 nitrogen and oxygen atoms in total. The van der Waals surface area contributed by atoms with Gasteiger partial charge in [-0.25, -0.2) is 0 Å². The molecule has 1 aromatic rings. The van der Waals surface area contributed by atoms with Crippen LogP contribution in [0, 0.1) is 5.92 Å². The van der Waals surface area contributed by atoms with E-state index in [1.165, 1.54) is 12.8 Å². The van der Waals surface area contributed by atoms with Gasteiger partial charge in [0, 0.05) is 12.5 Å². The summed E-state index contributed by atoms with van der Waals surface area (Å²) in [6.07, 6.45) is 2.47. The van der Waals surface area contributed by atoms with E-state index in [2.05, 4.69) is 22.4 Å². The maximum atomic E-state index is 5.32. The molecule has 0 radical (unpaired) electrons. The first-order chi connectivity index (χ1) is 6.84. The van der Waals surface area contributed by atoms with Crippen LogP contribution in [0.3, 0.4) is 0 Å². The smallest absolute Gasteiger partial charge is 0.231 e. The molecule has 0 aromatic carbocycles. The van der Waals surface area contributed by atoms with Crippen LogP contribution in [0.2, 0.25) is 0 Å². The third-order valence-electron chi connectivity index (χ3n) is 3.23. The summed E-state index contributed by atoms with van der Waals surface area (Å²) in [4.78, 5) is 4.49. The molecule has 1 saturated heterocycles. The molecule has 1 aromatic heterocycles. The summed E-state index contributed by atoms with van der Waals surface area (Å²) in [5, 5.41) is 7.39. The summed E-state index contributed by atoms with van der Waals surface area (Å²) in [6, 6.07) is 0. The van der Waals surface area contributed by atoms with Crippen LogP contribution in [0.1, 0.15) is 43.3 Å². The zero-order chi connectivity index (χ0) is 9.54. The summed E-state index contributed by atoms with van der Waals surface area (Å²) in [5.74, 6) is 3.40. The lowest BCUT2D eigenvalue weighted by Gasteiger charge is -2.07. The number of halogens is 1. The van der Waals surface area contributed by atoms with Crippen LogP contribution in [0.4, 0.5) is 0 Å². The Hall–Kier alpha value is -0.610. The van der Waals surface area contributed by atoms with Gasteiger partial charge in [-0.3, -0.25) is 0 Å². The minimum Gasteiger partial charge on any atom is -0.339 e. The first-order valence-electron chi connectivity index (χ1n) is 5.39. The maximum Gasteiger partial charge on any atom is 0.231 e. The quantitative estimate of drug-likeness (QED) is 0.839. The molecule has 1 saturated carbocycles. The van der Waals surface area contributed by atoms with Crippen molar-refractivity contribution >= 4 is 12.4 Å². The highest BCUT2D eigenvalue weighted by Crippen LogP contribution is 2.39. The Labute approximate surface area is 95.2 Å². The van der Waals surface area contributed by atoms with Crippen molar-refractivity contribution in [1.29, 1.82) is 0 Å². The SMILES string of the molecule is C[C@@H]1CNC[C@H]1c1nc(C2CC2)no1.Cl. The second-order valence-corrected chi connectivity index (χ2v) is 4.51. The second-order valence-electron chi connectivity index (χ2n) is 4.51. The van der Waals surface area contributed by atoms with Gasteiger partial charge >= 0.3 is 0 Å². The minimum atomic E-state index is 0. The van der Waals surface area contributed by atoms with Gasteiger partial charge in [0.25, 0.3) is 0 Å². The Bertz CT molecular complexity index is 337. The van der Waals surface area contributed by atoms with Crippen molar-refractivity contribution < 1.29 is 4.52 Å². The number of hydrogen-bond donors (Lipinski definition) is 1. The Kier molecular flexibility index (Phi) is 2.98. The molecule has 0 amide bonds. The molecular formula is C10H16ClN3O. The topological polar surface area (TPSA) is 51.0 Å². The van der Waals surface area contributed by atoms with Crippen LogP contribution in [0.15, 0.2) is 4.52 Å². The molecule has 3 rings (SSSR count). The van der Waals surface area contributed by atoms with Gasteiger partial charge in [0.2, 0.25) is 5.89 Å². The van der Waals surface area contributed by atoms with Crippen LogP contribution < -0.4 is 5.32 Å². The number of aromatic nitrogens is 2. The molecule has 2 atom stereocenters. The average Bonchev–Trinajstić information content (AvgIpc) is 2.75. The largest absolute Gasteiger partial charge is 0.339 e. The fourth-order valence-corrected chi connectivity index (χ4v) is 2.05. The fraction of sp³-hybridized carbons (Fsp3) is 0.800. The molecule has 2 heterocycles. The number of nitrogens with one attached hydrogen (secondary N) is 1. The van der Waals surface area contributed by atoms with Crippen LogP contribution in [0.5, 0.6) is 0 Å². The number of rotatable bonds is 2. The molecule has 1 aliphatic carbocycles. The van der Waals surface area contributed by atoms with E-state index in [4.69, 9.17) is 4.52 Å². The summed E-state index contributed by atoms with van der Waals surface area (Å²) in [7, 11) is 0.